The van der Waals surface area contributed by atoms with Gasteiger partial charge in [-0.3, -0.25) is 9.59 Å². The van der Waals surface area contributed by atoms with E-state index in [4.69, 9.17) is 11.5 Å². The number of hydrogen-bond acceptors (Lipinski definition) is 2. The van der Waals surface area contributed by atoms with Crippen molar-refractivity contribution in [1.82, 2.24) is 0 Å². The van der Waals surface area contributed by atoms with Gasteiger partial charge in [0.25, 0.3) is 0 Å². The fraction of sp³-hybridized carbons (Fsp3) is 0.176. The van der Waals surface area contributed by atoms with Gasteiger partial charge in [-0.25, -0.2) is 0 Å². The Kier molecular flexibility index (Phi) is 8.53. The number of halogens is 2. The van der Waals surface area contributed by atoms with Gasteiger partial charge >= 0.3 is 0 Å². The Labute approximate surface area is 163 Å². The lowest BCUT2D eigenvalue weighted by molar-refractivity contribution is 0.0991. The number of rotatable bonds is 4. The van der Waals surface area contributed by atoms with Gasteiger partial charge in [0.15, 0.2) is 0 Å². The molecular formula is C17H18I2N2O2. The summed E-state index contributed by atoms with van der Waals surface area (Å²) in [7, 11) is 0. The summed E-state index contributed by atoms with van der Waals surface area (Å²) in [6.45, 7) is 2.11. The number of aryl methyl sites for hydroxylation is 1. The van der Waals surface area contributed by atoms with Gasteiger partial charge in [0, 0.05) is 7.14 Å². The minimum atomic E-state index is -0.370. The molecule has 2 rings (SSSR count). The molecule has 0 saturated heterocycles. The first-order chi connectivity index (χ1) is 10.9. The monoisotopic (exact) mass is 536 g/mol. The van der Waals surface area contributed by atoms with E-state index in [0.29, 0.717) is 11.1 Å². The van der Waals surface area contributed by atoms with Crippen LogP contribution >= 0.6 is 45.2 Å². The van der Waals surface area contributed by atoms with Crippen LogP contribution in [0.25, 0.3) is 0 Å². The van der Waals surface area contributed by atoms with Crippen molar-refractivity contribution in [3.05, 3.63) is 66.3 Å². The standard InChI is InChI=1S/C10H12INO.C7H6INO/c1-2-3-7-4-5-9(11)8(6-7)10(12)13;8-6-4-2-1-3-5(6)7(9)10/h4-6H,2-3H2,1H3,(H2,12,13);1-4H,(H2,9,10). The van der Waals surface area contributed by atoms with Crippen LogP contribution in [-0.4, -0.2) is 11.8 Å². The van der Waals surface area contributed by atoms with E-state index in [9.17, 15) is 9.59 Å². The molecule has 0 aliphatic carbocycles. The average Bonchev–Trinajstić information content (AvgIpc) is 2.50. The summed E-state index contributed by atoms with van der Waals surface area (Å²) in [5, 5.41) is 0. The van der Waals surface area contributed by atoms with E-state index in [-0.39, 0.29) is 11.8 Å². The van der Waals surface area contributed by atoms with Crippen LogP contribution in [0.5, 0.6) is 0 Å². The Hall–Kier alpha value is -1.16. The Morgan fingerprint density at radius 3 is 1.96 bits per heavy atom. The molecule has 2 aromatic carbocycles. The number of primary amides is 2. The Morgan fingerprint density at radius 1 is 0.913 bits per heavy atom. The van der Waals surface area contributed by atoms with Gasteiger partial charge in [-0.2, -0.15) is 0 Å². The normalized spacial score (nSPS) is 9.70. The molecule has 122 valence electrons. The third kappa shape index (κ3) is 6.46. The second-order valence-electron chi connectivity index (χ2n) is 4.77. The van der Waals surface area contributed by atoms with Gasteiger partial charge in [-0.1, -0.05) is 31.5 Å². The molecule has 0 bridgehead atoms. The highest BCUT2D eigenvalue weighted by Crippen LogP contribution is 2.15. The van der Waals surface area contributed by atoms with Crippen LogP contribution in [0.15, 0.2) is 42.5 Å². The quantitative estimate of drug-likeness (QED) is 0.584. The van der Waals surface area contributed by atoms with Crippen molar-refractivity contribution >= 4 is 57.0 Å². The molecule has 0 aromatic heterocycles. The van der Waals surface area contributed by atoms with Gasteiger partial charge < -0.3 is 11.5 Å². The summed E-state index contributed by atoms with van der Waals surface area (Å²) in [6, 6.07) is 13.1. The number of carbonyl (C=O) groups excluding carboxylic acids is 2. The largest absolute Gasteiger partial charge is 0.366 e. The summed E-state index contributed by atoms with van der Waals surface area (Å²) in [5.74, 6) is -0.715. The Morgan fingerprint density at radius 2 is 1.48 bits per heavy atom. The third-order valence-electron chi connectivity index (χ3n) is 2.97. The minimum absolute atomic E-state index is 0.345. The molecule has 23 heavy (non-hydrogen) atoms. The molecule has 0 fully saturated rings. The Bertz CT molecular complexity index is 703. The Balaban J connectivity index is 0.000000238. The molecule has 0 aliphatic rings. The van der Waals surface area contributed by atoms with Crippen LogP contribution in [0, 0.1) is 7.14 Å². The van der Waals surface area contributed by atoms with Crippen LogP contribution in [0.4, 0.5) is 0 Å². The summed E-state index contributed by atoms with van der Waals surface area (Å²) in [5.41, 5.74) is 12.7. The third-order valence-corrected chi connectivity index (χ3v) is 4.86. The van der Waals surface area contributed by atoms with E-state index in [1.165, 1.54) is 5.56 Å². The van der Waals surface area contributed by atoms with Crippen molar-refractivity contribution in [2.24, 2.45) is 11.5 Å². The molecule has 6 heteroatoms. The maximum Gasteiger partial charge on any atom is 0.249 e. The molecular weight excluding hydrogens is 518 g/mol. The van der Waals surface area contributed by atoms with Gasteiger partial charge in [0.05, 0.1) is 11.1 Å². The highest BCUT2D eigenvalue weighted by atomic mass is 127. The fourth-order valence-corrected chi connectivity index (χ4v) is 3.12. The maximum absolute atomic E-state index is 11.0. The zero-order valence-corrected chi connectivity index (χ0v) is 17.0. The number of amides is 2. The van der Waals surface area contributed by atoms with Crippen molar-refractivity contribution in [3.63, 3.8) is 0 Å². The summed E-state index contributed by atoms with van der Waals surface area (Å²) >= 11 is 4.19. The smallest absolute Gasteiger partial charge is 0.249 e. The molecule has 0 heterocycles. The number of carbonyl (C=O) groups is 2. The number of benzene rings is 2. The molecule has 0 atom stereocenters. The van der Waals surface area contributed by atoms with Crippen molar-refractivity contribution in [1.29, 1.82) is 0 Å². The molecule has 0 aliphatic heterocycles. The molecule has 0 spiro atoms. The van der Waals surface area contributed by atoms with E-state index in [0.717, 1.165) is 20.0 Å². The van der Waals surface area contributed by atoms with E-state index in [1.54, 1.807) is 12.1 Å². The van der Waals surface area contributed by atoms with Crippen LogP contribution in [-0.2, 0) is 6.42 Å². The van der Waals surface area contributed by atoms with Gasteiger partial charge in [-0.05, 0) is 81.4 Å². The van der Waals surface area contributed by atoms with Crippen molar-refractivity contribution in [2.45, 2.75) is 19.8 Å². The van der Waals surface area contributed by atoms with Crippen LogP contribution in [0.1, 0.15) is 39.6 Å². The summed E-state index contributed by atoms with van der Waals surface area (Å²) in [6.07, 6.45) is 2.08. The van der Waals surface area contributed by atoms with E-state index >= 15 is 0 Å². The lowest BCUT2D eigenvalue weighted by atomic mass is 10.1. The van der Waals surface area contributed by atoms with Crippen LogP contribution in [0.3, 0.4) is 0 Å². The predicted octanol–water partition coefficient (Wildman–Crippen LogP) is 3.73. The SMILES string of the molecule is CCCc1ccc(I)c(C(N)=O)c1.NC(=O)c1ccccc1I. The van der Waals surface area contributed by atoms with Crippen molar-refractivity contribution < 1.29 is 9.59 Å². The topological polar surface area (TPSA) is 86.2 Å². The second kappa shape index (κ2) is 9.86. The highest BCUT2D eigenvalue weighted by molar-refractivity contribution is 14.1. The fourth-order valence-electron chi connectivity index (χ4n) is 1.87. The summed E-state index contributed by atoms with van der Waals surface area (Å²) in [4.78, 5) is 21.6. The molecule has 0 radical (unpaired) electrons. The highest BCUT2D eigenvalue weighted by Gasteiger charge is 2.06. The van der Waals surface area contributed by atoms with Gasteiger partial charge in [-0.15, -0.1) is 0 Å². The average molecular weight is 536 g/mol. The molecule has 2 aromatic rings. The first kappa shape index (κ1) is 19.9. The first-order valence-corrected chi connectivity index (χ1v) is 9.15. The number of hydrogen-bond donors (Lipinski definition) is 2. The molecule has 2 amide bonds. The summed E-state index contributed by atoms with van der Waals surface area (Å²) < 4.78 is 1.82. The predicted molar refractivity (Wildman–Crippen MR) is 109 cm³/mol. The second-order valence-corrected chi connectivity index (χ2v) is 7.10. The van der Waals surface area contributed by atoms with Crippen molar-refractivity contribution in [2.75, 3.05) is 0 Å². The minimum Gasteiger partial charge on any atom is -0.366 e. The van der Waals surface area contributed by atoms with Gasteiger partial charge in [0.2, 0.25) is 11.8 Å². The van der Waals surface area contributed by atoms with Crippen molar-refractivity contribution in [3.8, 4) is 0 Å². The zero-order chi connectivity index (χ0) is 17.4. The lowest BCUT2D eigenvalue weighted by Gasteiger charge is -2.03. The van der Waals surface area contributed by atoms with E-state index in [2.05, 4.69) is 52.1 Å². The number of nitrogens with two attached hydrogens (primary N) is 2. The zero-order valence-electron chi connectivity index (χ0n) is 12.7. The first-order valence-electron chi connectivity index (χ1n) is 6.99. The van der Waals surface area contributed by atoms with E-state index in [1.807, 2.05) is 30.3 Å². The van der Waals surface area contributed by atoms with Crippen LogP contribution < -0.4 is 11.5 Å². The van der Waals surface area contributed by atoms with E-state index < -0.39 is 0 Å². The van der Waals surface area contributed by atoms with Crippen LogP contribution in [0.2, 0.25) is 0 Å². The lowest BCUT2D eigenvalue weighted by Crippen LogP contribution is -2.13. The van der Waals surface area contributed by atoms with Gasteiger partial charge in [0.1, 0.15) is 0 Å². The maximum atomic E-state index is 11.0. The molecule has 4 N–H and O–H groups in total. The molecule has 4 nitrogen and oxygen atoms in total. The molecule has 0 saturated carbocycles. The molecule has 0 unspecified atom stereocenters.